The second-order valence-corrected chi connectivity index (χ2v) is 4.54. The molecule has 2 fully saturated rings. The van der Waals surface area contributed by atoms with Crippen LogP contribution in [0.1, 0.15) is 25.7 Å². The second kappa shape index (κ2) is 5.01. The molecule has 3 N–H and O–H groups in total. The molecule has 114 valence electrons. The number of rotatable bonds is 1. The van der Waals surface area contributed by atoms with E-state index in [1.807, 2.05) is 0 Å². The molecular formula is C9H12ClF6NO2. The van der Waals surface area contributed by atoms with Gasteiger partial charge >= 0.3 is 18.3 Å². The number of aliphatic carboxylic acids is 1. The molecule has 0 unspecified atom stereocenters. The molecule has 0 bridgehead atoms. The number of alkyl halides is 6. The Morgan fingerprint density at radius 2 is 1.32 bits per heavy atom. The van der Waals surface area contributed by atoms with Gasteiger partial charge in [0.2, 0.25) is 0 Å². The van der Waals surface area contributed by atoms with Crippen molar-refractivity contribution in [1.82, 2.24) is 0 Å². The van der Waals surface area contributed by atoms with Gasteiger partial charge in [0, 0.05) is 0 Å². The van der Waals surface area contributed by atoms with Gasteiger partial charge in [0.15, 0.2) is 5.41 Å². The van der Waals surface area contributed by atoms with Gasteiger partial charge in [0.25, 0.3) is 0 Å². The number of halogens is 7. The van der Waals surface area contributed by atoms with E-state index in [0.29, 0.717) is 0 Å². The van der Waals surface area contributed by atoms with Crippen molar-refractivity contribution in [2.24, 2.45) is 11.1 Å². The summed E-state index contributed by atoms with van der Waals surface area (Å²) in [4.78, 5) is 10.0. The van der Waals surface area contributed by atoms with Crippen molar-refractivity contribution in [3.63, 3.8) is 0 Å². The number of hydrogen-bond acceptors (Lipinski definition) is 2. The maximum Gasteiger partial charge on any atom is 0.406 e. The molecule has 0 amide bonds. The highest BCUT2D eigenvalue weighted by molar-refractivity contribution is 5.85. The molecule has 0 atom stereocenters. The van der Waals surface area contributed by atoms with Crippen LogP contribution in [0.3, 0.4) is 0 Å². The second-order valence-electron chi connectivity index (χ2n) is 4.54. The molecule has 2 aliphatic rings. The summed E-state index contributed by atoms with van der Waals surface area (Å²) in [5, 5.41) is 8.12. The van der Waals surface area contributed by atoms with Gasteiger partial charge in [-0.3, -0.25) is 4.79 Å². The topological polar surface area (TPSA) is 63.3 Å². The Bertz CT molecular complexity index is 342. The summed E-state index contributed by atoms with van der Waals surface area (Å²) >= 11 is 0. The molecule has 0 heterocycles. The molecule has 0 saturated heterocycles. The van der Waals surface area contributed by atoms with Gasteiger partial charge in [0.1, 0.15) is 5.54 Å². The van der Waals surface area contributed by atoms with Crippen molar-refractivity contribution in [2.75, 3.05) is 0 Å². The quantitative estimate of drug-likeness (QED) is 0.731. The Hall–Kier alpha value is -0.700. The molecule has 0 aromatic rings. The molecule has 2 rings (SSSR count). The van der Waals surface area contributed by atoms with Crippen LogP contribution in [0, 0.1) is 5.41 Å². The van der Waals surface area contributed by atoms with Crippen LogP contribution in [0.15, 0.2) is 0 Å². The van der Waals surface area contributed by atoms with E-state index >= 15 is 0 Å². The molecule has 2 aliphatic carbocycles. The fourth-order valence-electron chi connectivity index (χ4n) is 1.16. The molecule has 0 spiro atoms. The zero-order chi connectivity index (χ0) is 14.4. The molecule has 3 nitrogen and oxygen atoms in total. The minimum absolute atomic E-state index is 0. The fourth-order valence-corrected chi connectivity index (χ4v) is 1.16. The zero-order valence-corrected chi connectivity index (χ0v) is 10.3. The summed E-state index contributed by atoms with van der Waals surface area (Å²) in [6, 6.07) is 0. The van der Waals surface area contributed by atoms with Gasteiger partial charge in [-0.2, -0.15) is 26.3 Å². The first-order chi connectivity index (χ1) is 7.86. The van der Waals surface area contributed by atoms with E-state index < -0.39 is 29.3 Å². The maximum absolute atomic E-state index is 11.8. The van der Waals surface area contributed by atoms with Crippen LogP contribution < -0.4 is 5.73 Å². The van der Waals surface area contributed by atoms with Gasteiger partial charge in [-0.25, -0.2) is 0 Å². The van der Waals surface area contributed by atoms with Gasteiger partial charge < -0.3 is 10.8 Å². The highest BCUT2D eigenvalue weighted by Gasteiger charge is 2.69. The predicted molar refractivity (Wildman–Crippen MR) is 54.8 cm³/mol. The van der Waals surface area contributed by atoms with E-state index in [0.717, 1.165) is 0 Å². The highest BCUT2D eigenvalue weighted by Crippen LogP contribution is 2.57. The highest BCUT2D eigenvalue weighted by atomic mass is 35.5. The molecule has 10 heteroatoms. The normalized spacial score (nSPS) is 22.5. The monoisotopic (exact) mass is 315 g/mol. The van der Waals surface area contributed by atoms with E-state index in [1.54, 1.807) is 0 Å². The average Bonchev–Trinajstić information content (AvgIpc) is 2.92. The standard InChI is InChI=1S/C5H5F3O2.C4H6F3N.ClH/c6-5(7,8)4(1-2-4)3(9)10;5-4(6,7)3(8)1-2-3;/h1-2H2,(H,9,10);1-2,8H2;1H. The third-order valence-corrected chi connectivity index (χ3v) is 3.06. The Balaban J connectivity index is 0.000000331. The van der Waals surface area contributed by atoms with Crippen molar-refractivity contribution < 1.29 is 36.2 Å². The maximum atomic E-state index is 11.8. The van der Waals surface area contributed by atoms with E-state index in [-0.39, 0.29) is 38.1 Å². The number of hydrogen-bond donors (Lipinski definition) is 2. The van der Waals surface area contributed by atoms with E-state index in [2.05, 4.69) is 0 Å². The van der Waals surface area contributed by atoms with Gasteiger partial charge in [-0.15, -0.1) is 12.4 Å². The zero-order valence-electron chi connectivity index (χ0n) is 9.44. The van der Waals surface area contributed by atoms with Crippen LogP contribution in [-0.2, 0) is 4.79 Å². The Kier molecular flexibility index (Phi) is 4.82. The summed E-state index contributed by atoms with van der Waals surface area (Å²) in [7, 11) is 0. The fraction of sp³-hybridized carbons (Fsp3) is 0.889. The number of carboxylic acid groups (broad SMARTS) is 1. The lowest BCUT2D eigenvalue weighted by Crippen LogP contribution is -2.39. The Morgan fingerprint density at radius 1 is 0.947 bits per heavy atom. The minimum atomic E-state index is -4.57. The third kappa shape index (κ3) is 3.65. The van der Waals surface area contributed by atoms with Gasteiger partial charge in [-0.1, -0.05) is 0 Å². The number of carbonyl (C=O) groups is 1. The van der Waals surface area contributed by atoms with Crippen molar-refractivity contribution in [3.05, 3.63) is 0 Å². The lowest BCUT2D eigenvalue weighted by Gasteiger charge is -2.12. The average molecular weight is 316 g/mol. The molecule has 2 saturated carbocycles. The first kappa shape index (κ1) is 18.3. The molecule has 0 aromatic carbocycles. The van der Waals surface area contributed by atoms with Crippen LogP contribution in [0.2, 0.25) is 0 Å². The Labute approximate surface area is 110 Å². The summed E-state index contributed by atoms with van der Waals surface area (Å²) < 4.78 is 69.8. The third-order valence-electron chi connectivity index (χ3n) is 3.06. The smallest absolute Gasteiger partial charge is 0.406 e. The lowest BCUT2D eigenvalue weighted by atomic mass is 10.1. The predicted octanol–water partition coefficient (Wildman–Crippen LogP) is 2.88. The van der Waals surface area contributed by atoms with E-state index in [1.165, 1.54) is 0 Å². The van der Waals surface area contributed by atoms with Crippen LogP contribution in [0.5, 0.6) is 0 Å². The van der Waals surface area contributed by atoms with Crippen molar-refractivity contribution >= 4 is 18.4 Å². The molecule has 19 heavy (non-hydrogen) atoms. The molecular weight excluding hydrogens is 304 g/mol. The molecule has 0 aromatic heterocycles. The summed E-state index contributed by atoms with van der Waals surface area (Å²) in [5.41, 5.74) is 0.590. The van der Waals surface area contributed by atoms with Crippen LogP contribution >= 0.6 is 12.4 Å². The minimum Gasteiger partial charge on any atom is -0.481 e. The molecule has 0 radical (unpaired) electrons. The summed E-state index contributed by atoms with van der Waals surface area (Å²) in [6.45, 7) is 0. The van der Waals surface area contributed by atoms with E-state index in [9.17, 15) is 31.1 Å². The van der Waals surface area contributed by atoms with Crippen LogP contribution in [-0.4, -0.2) is 29.0 Å². The largest absolute Gasteiger partial charge is 0.481 e. The first-order valence-corrected chi connectivity index (χ1v) is 5.01. The van der Waals surface area contributed by atoms with Gasteiger partial charge in [0.05, 0.1) is 0 Å². The van der Waals surface area contributed by atoms with Crippen LogP contribution in [0.25, 0.3) is 0 Å². The number of nitrogens with two attached hydrogens (primary N) is 1. The SMILES string of the molecule is Cl.NC1(C(F)(F)F)CC1.O=C(O)C1(C(F)(F)F)CC1. The number of carboxylic acids is 1. The van der Waals surface area contributed by atoms with Crippen molar-refractivity contribution in [3.8, 4) is 0 Å². The van der Waals surface area contributed by atoms with Crippen molar-refractivity contribution in [1.29, 1.82) is 0 Å². The van der Waals surface area contributed by atoms with Crippen LogP contribution in [0.4, 0.5) is 26.3 Å². The molecule has 0 aliphatic heterocycles. The van der Waals surface area contributed by atoms with E-state index in [4.69, 9.17) is 10.8 Å². The van der Waals surface area contributed by atoms with Gasteiger partial charge in [-0.05, 0) is 25.7 Å². The van der Waals surface area contributed by atoms with Crippen molar-refractivity contribution in [2.45, 2.75) is 43.6 Å². The Morgan fingerprint density at radius 3 is 1.32 bits per heavy atom. The summed E-state index contributed by atoms with van der Waals surface area (Å²) in [5.74, 6) is -1.75. The first-order valence-electron chi connectivity index (χ1n) is 5.01. The lowest BCUT2D eigenvalue weighted by molar-refractivity contribution is -0.202. The summed E-state index contributed by atoms with van der Waals surface area (Å²) in [6.07, 6.45) is -9.10.